The van der Waals surface area contributed by atoms with Crippen molar-refractivity contribution in [2.24, 2.45) is 0 Å². The Morgan fingerprint density at radius 3 is 1.81 bits per heavy atom. The van der Waals surface area contributed by atoms with Gasteiger partial charge in [-0.3, -0.25) is 20.0 Å². The second-order valence-electron chi connectivity index (χ2n) is 13.6. The van der Waals surface area contributed by atoms with Crippen molar-refractivity contribution in [1.29, 1.82) is 0 Å². The first-order valence-electron chi connectivity index (χ1n) is 18.6. The Bertz CT molecular complexity index is 2120. The minimum atomic E-state index is -1.48. The van der Waals surface area contributed by atoms with E-state index < -0.39 is 11.6 Å². The Kier molecular flexibility index (Phi) is 11.1. The molecule has 0 radical (unpaired) electrons. The molecular weight excluding hydrogens is 692 g/mol. The molecule has 0 saturated carbocycles. The average molecular weight is 741 g/mol. The van der Waals surface area contributed by atoms with Crippen LogP contribution in [-0.4, -0.2) is 145 Å². The van der Waals surface area contributed by atoms with E-state index in [1.54, 1.807) is 26.6 Å². The molecule has 3 aromatic heterocycles. The number of hydrogen-bond donors (Lipinski definition) is 4. The normalized spacial score (nSPS) is 18.6. The number of benzene rings is 2. The third-order valence-corrected chi connectivity index (χ3v) is 10.2. The van der Waals surface area contributed by atoms with E-state index in [1.165, 1.54) is 0 Å². The number of ether oxygens (including phenoxy) is 6. The Morgan fingerprint density at radius 1 is 0.704 bits per heavy atom. The number of fused-ring (bicyclic) bond motifs is 3. The van der Waals surface area contributed by atoms with Gasteiger partial charge < -0.3 is 39.1 Å². The molecule has 3 aliphatic rings. The molecule has 8 rings (SSSR count). The number of morpholine rings is 2. The molecule has 16 nitrogen and oxygen atoms in total. The van der Waals surface area contributed by atoms with Crippen LogP contribution in [0, 0.1) is 0 Å². The lowest BCUT2D eigenvalue weighted by atomic mass is 9.97. The first kappa shape index (κ1) is 36.5. The second-order valence-corrected chi connectivity index (χ2v) is 13.6. The van der Waals surface area contributed by atoms with Crippen LogP contribution in [-0.2, 0) is 28.4 Å². The first-order chi connectivity index (χ1) is 26.5. The van der Waals surface area contributed by atoms with Gasteiger partial charge in [0.05, 0.1) is 68.4 Å². The van der Waals surface area contributed by atoms with Gasteiger partial charge in [0, 0.05) is 86.9 Å². The van der Waals surface area contributed by atoms with Crippen LogP contribution in [0.1, 0.15) is 12.8 Å². The summed E-state index contributed by atoms with van der Waals surface area (Å²) >= 11 is 0. The zero-order valence-corrected chi connectivity index (χ0v) is 30.8. The van der Waals surface area contributed by atoms with Gasteiger partial charge in [0.2, 0.25) is 11.7 Å². The molecule has 4 N–H and O–H groups in total. The molecule has 2 aromatic carbocycles. The highest BCUT2D eigenvalue weighted by molar-refractivity contribution is 5.83. The zero-order valence-electron chi connectivity index (χ0n) is 30.8. The molecule has 0 atom stereocenters. The number of nitrogens with one attached hydrogen (secondary N) is 4. The summed E-state index contributed by atoms with van der Waals surface area (Å²) in [5.41, 5.74) is 3.39. The molecule has 0 unspecified atom stereocenters. The zero-order chi connectivity index (χ0) is 36.8. The van der Waals surface area contributed by atoms with E-state index in [9.17, 15) is 0 Å². The van der Waals surface area contributed by atoms with E-state index in [-0.39, 0.29) is 0 Å². The highest BCUT2D eigenvalue weighted by Gasteiger charge is 2.55. The Hall–Kier alpha value is -4.52. The van der Waals surface area contributed by atoms with Crippen LogP contribution in [0.2, 0.25) is 0 Å². The maximum Gasteiger partial charge on any atom is 0.250 e. The predicted octanol–water partition coefficient (Wildman–Crippen LogP) is 2.45. The fourth-order valence-electron chi connectivity index (χ4n) is 7.24. The maximum atomic E-state index is 6.83. The molecule has 1 aliphatic carbocycles. The topological polar surface area (TPSA) is 169 Å². The standard InChI is InChI=1S/C38H48N10O6/c1-49-37(50-2)23-31-34(24-38(37,53-15-3-9-47-11-17-51-18-12-47)54-16-4-10-48-13-19-52-20-14-48)43-36(42-30-8-6-28-26-40-46-33(28)22-30)44-35(31)41-29-7-5-27-25-39-45-32(27)21-29/h5-8,21-26H,3-4,9-20H2,1-2H3,(H,39,45)(H,40,46)(H2,41,42,43,44). The largest absolute Gasteiger partial charge is 0.379 e. The van der Waals surface area contributed by atoms with E-state index in [1.807, 2.05) is 48.6 Å². The summed E-state index contributed by atoms with van der Waals surface area (Å²) in [5, 5.41) is 24.6. The summed E-state index contributed by atoms with van der Waals surface area (Å²) in [6.45, 7) is 9.10. The molecule has 0 amide bonds. The molecule has 16 heteroatoms. The molecule has 2 saturated heterocycles. The lowest BCUT2D eigenvalue weighted by molar-refractivity contribution is -0.343. The maximum absolute atomic E-state index is 6.83. The summed E-state index contributed by atoms with van der Waals surface area (Å²) in [6.07, 6.45) is 8.88. The third kappa shape index (κ3) is 7.83. The van der Waals surface area contributed by atoms with Gasteiger partial charge in [-0.1, -0.05) is 0 Å². The van der Waals surface area contributed by atoms with Gasteiger partial charge in [-0.05, 0) is 55.3 Å². The predicted molar refractivity (Wildman–Crippen MR) is 204 cm³/mol. The lowest BCUT2D eigenvalue weighted by Crippen LogP contribution is -2.63. The van der Waals surface area contributed by atoms with E-state index >= 15 is 0 Å². The van der Waals surface area contributed by atoms with Crippen LogP contribution in [0.5, 0.6) is 0 Å². The summed E-state index contributed by atoms with van der Waals surface area (Å²) in [5.74, 6) is -2.05. The van der Waals surface area contributed by atoms with Crippen molar-refractivity contribution in [3.63, 3.8) is 0 Å². The smallest absolute Gasteiger partial charge is 0.250 e. The summed E-state index contributed by atoms with van der Waals surface area (Å²) < 4.78 is 37.3. The molecule has 54 heavy (non-hydrogen) atoms. The fourth-order valence-corrected chi connectivity index (χ4v) is 7.24. The van der Waals surface area contributed by atoms with Crippen molar-refractivity contribution in [3.05, 3.63) is 59.4 Å². The van der Waals surface area contributed by atoms with Crippen LogP contribution in [0.3, 0.4) is 0 Å². The number of hydrogen-bond acceptors (Lipinski definition) is 14. The van der Waals surface area contributed by atoms with E-state index in [4.69, 9.17) is 38.4 Å². The van der Waals surface area contributed by atoms with Crippen LogP contribution in [0.25, 0.3) is 34.0 Å². The van der Waals surface area contributed by atoms with Crippen molar-refractivity contribution in [1.82, 2.24) is 40.2 Å². The molecule has 2 fully saturated rings. The first-order valence-corrected chi connectivity index (χ1v) is 18.6. The monoisotopic (exact) mass is 740 g/mol. The number of rotatable bonds is 16. The molecule has 0 bridgehead atoms. The number of methoxy groups -OCH3 is 2. The van der Waals surface area contributed by atoms with Gasteiger partial charge in [0.1, 0.15) is 5.82 Å². The quantitative estimate of drug-likeness (QED) is 0.0860. The minimum Gasteiger partial charge on any atom is -0.379 e. The molecule has 5 heterocycles. The van der Waals surface area contributed by atoms with Gasteiger partial charge in [-0.25, -0.2) is 4.98 Å². The number of aromatic nitrogens is 6. The van der Waals surface area contributed by atoms with Gasteiger partial charge in [0.25, 0.3) is 5.79 Å². The summed E-state index contributed by atoms with van der Waals surface area (Å²) in [7, 11) is 3.20. The van der Waals surface area contributed by atoms with E-state index in [2.05, 4.69) is 40.8 Å². The molecule has 5 aromatic rings. The Balaban J connectivity index is 1.17. The number of aromatic amines is 2. The Labute approximate surface area is 312 Å². The van der Waals surface area contributed by atoms with E-state index in [0.717, 1.165) is 112 Å². The van der Waals surface area contributed by atoms with Gasteiger partial charge >= 0.3 is 0 Å². The van der Waals surface area contributed by atoms with Crippen molar-refractivity contribution >= 4 is 57.1 Å². The Morgan fingerprint density at radius 2 is 1.26 bits per heavy atom. The molecular formula is C38H48N10O6. The minimum absolute atomic E-state index is 0.373. The molecule has 2 aliphatic heterocycles. The number of anilines is 4. The van der Waals surface area contributed by atoms with Gasteiger partial charge in [-0.2, -0.15) is 15.2 Å². The van der Waals surface area contributed by atoms with Crippen LogP contribution in [0.15, 0.2) is 48.8 Å². The second kappa shape index (κ2) is 16.5. The molecule has 0 spiro atoms. The van der Waals surface area contributed by atoms with Gasteiger partial charge in [-0.15, -0.1) is 0 Å². The molecule has 286 valence electrons. The van der Waals surface area contributed by atoms with Crippen molar-refractivity contribution < 1.29 is 28.4 Å². The van der Waals surface area contributed by atoms with Crippen LogP contribution in [0.4, 0.5) is 23.1 Å². The summed E-state index contributed by atoms with van der Waals surface area (Å²) in [6, 6.07) is 11.9. The fraction of sp³-hybridized carbons (Fsp3) is 0.474. The third-order valence-electron chi connectivity index (χ3n) is 10.2. The van der Waals surface area contributed by atoms with Crippen molar-refractivity contribution in [3.8, 4) is 0 Å². The highest BCUT2D eigenvalue weighted by Crippen LogP contribution is 2.37. The van der Waals surface area contributed by atoms with Crippen LogP contribution >= 0.6 is 0 Å². The average Bonchev–Trinajstić information content (AvgIpc) is 3.88. The van der Waals surface area contributed by atoms with E-state index in [0.29, 0.717) is 35.5 Å². The SMILES string of the molecule is COC1(OC)C=c2c(Nc3ccc4cn[nH]c4c3)nc(Nc3ccc4cn[nH]c4c3)nc2=CC1(OCCCN1CCOCC1)OCCCN1CCOCC1. The van der Waals surface area contributed by atoms with Crippen molar-refractivity contribution in [2.75, 3.05) is 104 Å². The van der Waals surface area contributed by atoms with Crippen molar-refractivity contribution in [2.45, 2.75) is 24.4 Å². The lowest BCUT2D eigenvalue weighted by Gasteiger charge is -2.45. The summed E-state index contributed by atoms with van der Waals surface area (Å²) in [4.78, 5) is 14.8. The van der Waals surface area contributed by atoms with Gasteiger partial charge in [0.15, 0.2) is 0 Å². The highest BCUT2D eigenvalue weighted by atomic mass is 16.8. The number of nitrogens with zero attached hydrogens (tertiary/aromatic N) is 6. The van der Waals surface area contributed by atoms with Crippen LogP contribution < -0.4 is 21.2 Å². The number of H-pyrrole nitrogens is 2.